The zero-order chi connectivity index (χ0) is 18.9. The minimum absolute atomic E-state index is 0.958. The standard InChI is InChI=1S/C26H19NS/c28-24-16-14-22(15-17-24)27(23-13-12-19-6-1-2-8-21(19)18-23)26-11-5-9-20-7-3-4-10-25(20)26/h1-18,28H. The third-order valence-electron chi connectivity index (χ3n) is 5.11. The van der Waals surface area contributed by atoms with Crippen molar-refractivity contribution in [1.82, 2.24) is 0 Å². The largest absolute Gasteiger partial charge is 0.310 e. The Bertz CT molecular complexity index is 1270. The fourth-order valence-corrected chi connectivity index (χ4v) is 3.90. The van der Waals surface area contributed by atoms with Gasteiger partial charge in [-0.3, -0.25) is 0 Å². The molecule has 0 spiro atoms. The molecule has 0 radical (unpaired) electrons. The van der Waals surface area contributed by atoms with E-state index < -0.39 is 0 Å². The Morgan fingerprint density at radius 1 is 0.500 bits per heavy atom. The van der Waals surface area contributed by atoms with Crippen LogP contribution in [0.5, 0.6) is 0 Å². The summed E-state index contributed by atoms with van der Waals surface area (Å²) in [6.45, 7) is 0. The van der Waals surface area contributed by atoms with Crippen LogP contribution in [0.15, 0.2) is 114 Å². The Morgan fingerprint density at radius 3 is 1.96 bits per heavy atom. The van der Waals surface area contributed by atoms with Crippen molar-refractivity contribution in [2.45, 2.75) is 4.90 Å². The first-order valence-electron chi connectivity index (χ1n) is 9.35. The van der Waals surface area contributed by atoms with Crippen LogP contribution < -0.4 is 4.90 Å². The first kappa shape index (κ1) is 16.9. The van der Waals surface area contributed by atoms with Gasteiger partial charge in [0.15, 0.2) is 0 Å². The lowest BCUT2D eigenvalue weighted by Crippen LogP contribution is -2.10. The second-order valence-electron chi connectivity index (χ2n) is 6.88. The van der Waals surface area contributed by atoms with Gasteiger partial charge in [0.05, 0.1) is 5.69 Å². The van der Waals surface area contributed by atoms with Crippen LogP contribution >= 0.6 is 12.6 Å². The molecule has 134 valence electrons. The van der Waals surface area contributed by atoms with Gasteiger partial charge in [0.2, 0.25) is 0 Å². The van der Waals surface area contributed by atoms with E-state index >= 15 is 0 Å². The van der Waals surface area contributed by atoms with Crippen molar-refractivity contribution in [3.8, 4) is 0 Å². The first-order valence-corrected chi connectivity index (χ1v) is 9.80. The molecule has 0 unspecified atom stereocenters. The van der Waals surface area contributed by atoms with Crippen LogP contribution in [0.2, 0.25) is 0 Å². The van der Waals surface area contributed by atoms with Gasteiger partial charge in [-0.1, -0.05) is 66.7 Å². The summed E-state index contributed by atoms with van der Waals surface area (Å²) >= 11 is 4.46. The van der Waals surface area contributed by atoms with Crippen LogP contribution in [0.4, 0.5) is 17.1 Å². The lowest BCUT2D eigenvalue weighted by atomic mass is 10.0. The molecule has 0 fully saturated rings. The first-order chi connectivity index (χ1) is 13.8. The SMILES string of the molecule is Sc1ccc(N(c2ccc3ccccc3c2)c2cccc3ccccc23)cc1. The van der Waals surface area contributed by atoms with E-state index in [2.05, 4.69) is 115 Å². The van der Waals surface area contributed by atoms with Crippen LogP contribution in [0.25, 0.3) is 21.5 Å². The summed E-state index contributed by atoms with van der Waals surface area (Å²) in [5, 5.41) is 4.94. The fourth-order valence-electron chi connectivity index (χ4n) is 3.75. The number of hydrogen-bond acceptors (Lipinski definition) is 2. The summed E-state index contributed by atoms with van der Waals surface area (Å²) in [5.41, 5.74) is 3.42. The smallest absolute Gasteiger partial charge is 0.0540 e. The summed E-state index contributed by atoms with van der Waals surface area (Å²) in [4.78, 5) is 3.28. The Kier molecular flexibility index (Phi) is 4.27. The van der Waals surface area contributed by atoms with E-state index in [0.717, 1.165) is 16.3 Å². The van der Waals surface area contributed by atoms with Gasteiger partial charge < -0.3 is 4.90 Å². The molecule has 0 heterocycles. The maximum atomic E-state index is 4.46. The molecule has 1 nitrogen and oxygen atoms in total. The Hall–Kier alpha value is -3.23. The van der Waals surface area contributed by atoms with Gasteiger partial charge in [-0.15, -0.1) is 12.6 Å². The van der Waals surface area contributed by atoms with E-state index in [1.54, 1.807) is 0 Å². The number of benzene rings is 5. The second kappa shape index (κ2) is 7.06. The Labute approximate surface area is 170 Å². The van der Waals surface area contributed by atoms with Gasteiger partial charge >= 0.3 is 0 Å². The highest BCUT2D eigenvalue weighted by Gasteiger charge is 2.15. The predicted molar refractivity (Wildman–Crippen MR) is 123 cm³/mol. The van der Waals surface area contributed by atoms with E-state index in [1.165, 1.54) is 27.2 Å². The van der Waals surface area contributed by atoms with Crippen LogP contribution in [-0.2, 0) is 0 Å². The van der Waals surface area contributed by atoms with Gasteiger partial charge in [-0.2, -0.15) is 0 Å². The summed E-state index contributed by atoms with van der Waals surface area (Å²) in [5.74, 6) is 0. The summed E-state index contributed by atoms with van der Waals surface area (Å²) < 4.78 is 0. The van der Waals surface area contributed by atoms with Gasteiger partial charge in [-0.05, 0) is 58.6 Å². The Morgan fingerprint density at radius 2 is 1.14 bits per heavy atom. The van der Waals surface area contributed by atoms with Crippen LogP contribution in [0, 0.1) is 0 Å². The van der Waals surface area contributed by atoms with E-state index in [0.29, 0.717) is 0 Å². The van der Waals surface area contributed by atoms with Crippen molar-refractivity contribution < 1.29 is 0 Å². The molecule has 0 bridgehead atoms. The lowest BCUT2D eigenvalue weighted by Gasteiger charge is -2.27. The molecule has 5 rings (SSSR count). The molecule has 5 aromatic rings. The van der Waals surface area contributed by atoms with Gasteiger partial charge in [0, 0.05) is 21.7 Å². The topological polar surface area (TPSA) is 3.24 Å². The average molecular weight is 378 g/mol. The molecule has 28 heavy (non-hydrogen) atoms. The molecule has 0 amide bonds. The third kappa shape index (κ3) is 3.02. The molecule has 0 atom stereocenters. The van der Waals surface area contributed by atoms with Crippen LogP contribution in [-0.4, -0.2) is 0 Å². The molecule has 0 saturated heterocycles. The molecular weight excluding hydrogens is 358 g/mol. The second-order valence-corrected chi connectivity index (χ2v) is 7.40. The summed E-state index contributed by atoms with van der Waals surface area (Å²) in [7, 11) is 0. The number of hydrogen-bond donors (Lipinski definition) is 1. The van der Waals surface area contributed by atoms with Crippen LogP contribution in [0.3, 0.4) is 0 Å². The molecule has 0 aliphatic rings. The van der Waals surface area contributed by atoms with Gasteiger partial charge in [0.1, 0.15) is 0 Å². The number of thiol groups is 1. The zero-order valence-corrected chi connectivity index (χ0v) is 16.2. The minimum atomic E-state index is 0.958. The average Bonchev–Trinajstić information content (AvgIpc) is 2.75. The van der Waals surface area contributed by atoms with Gasteiger partial charge in [-0.25, -0.2) is 0 Å². The van der Waals surface area contributed by atoms with Gasteiger partial charge in [0.25, 0.3) is 0 Å². The fraction of sp³-hybridized carbons (Fsp3) is 0. The van der Waals surface area contributed by atoms with Crippen molar-refractivity contribution in [2.24, 2.45) is 0 Å². The number of fused-ring (bicyclic) bond motifs is 2. The molecule has 0 aliphatic heterocycles. The highest BCUT2D eigenvalue weighted by atomic mass is 32.1. The van der Waals surface area contributed by atoms with Crippen molar-refractivity contribution in [3.63, 3.8) is 0 Å². The van der Waals surface area contributed by atoms with E-state index in [-0.39, 0.29) is 0 Å². The summed E-state index contributed by atoms with van der Waals surface area (Å²) in [6, 6.07) is 38.4. The van der Waals surface area contributed by atoms with E-state index in [1.807, 2.05) is 12.1 Å². The number of anilines is 3. The summed E-state index contributed by atoms with van der Waals surface area (Å²) in [6.07, 6.45) is 0. The molecule has 0 saturated carbocycles. The maximum Gasteiger partial charge on any atom is 0.0540 e. The number of nitrogens with zero attached hydrogens (tertiary/aromatic N) is 1. The lowest BCUT2D eigenvalue weighted by molar-refractivity contribution is 1.29. The maximum absolute atomic E-state index is 4.46. The van der Waals surface area contributed by atoms with Crippen molar-refractivity contribution in [2.75, 3.05) is 4.90 Å². The molecule has 0 aromatic heterocycles. The highest BCUT2D eigenvalue weighted by molar-refractivity contribution is 7.80. The Balaban J connectivity index is 1.78. The minimum Gasteiger partial charge on any atom is -0.310 e. The molecule has 2 heteroatoms. The monoisotopic (exact) mass is 377 g/mol. The van der Waals surface area contributed by atoms with E-state index in [9.17, 15) is 0 Å². The van der Waals surface area contributed by atoms with Crippen molar-refractivity contribution in [3.05, 3.63) is 109 Å². The quantitative estimate of drug-likeness (QED) is 0.315. The molecule has 0 aliphatic carbocycles. The third-order valence-corrected chi connectivity index (χ3v) is 5.40. The van der Waals surface area contributed by atoms with Crippen molar-refractivity contribution >= 4 is 51.2 Å². The van der Waals surface area contributed by atoms with Crippen LogP contribution in [0.1, 0.15) is 0 Å². The molecule has 5 aromatic carbocycles. The highest BCUT2D eigenvalue weighted by Crippen LogP contribution is 2.39. The number of rotatable bonds is 3. The normalized spacial score (nSPS) is 11.0. The predicted octanol–water partition coefficient (Wildman–Crippen LogP) is 7.75. The molecular formula is C26H19NS. The molecule has 0 N–H and O–H groups in total. The van der Waals surface area contributed by atoms with E-state index in [4.69, 9.17) is 0 Å². The van der Waals surface area contributed by atoms with Crippen molar-refractivity contribution in [1.29, 1.82) is 0 Å². The zero-order valence-electron chi connectivity index (χ0n) is 15.3.